The first kappa shape index (κ1) is 12.4. The van der Waals surface area contributed by atoms with Crippen LogP contribution in [0.15, 0.2) is 47.3 Å². The highest BCUT2D eigenvalue weighted by Gasteiger charge is 2.20. The van der Waals surface area contributed by atoms with Crippen molar-refractivity contribution in [1.29, 1.82) is 0 Å². The second kappa shape index (κ2) is 5.18. The van der Waals surface area contributed by atoms with Crippen molar-refractivity contribution in [2.24, 2.45) is 0 Å². The van der Waals surface area contributed by atoms with Crippen molar-refractivity contribution < 1.29 is 13.9 Å². The van der Waals surface area contributed by atoms with E-state index in [1.54, 1.807) is 24.3 Å². The van der Waals surface area contributed by atoms with E-state index in [-0.39, 0.29) is 11.6 Å². The lowest BCUT2D eigenvalue weighted by Gasteiger charge is -2.01. The molecular formula is C13H8ClN3O3. The smallest absolute Gasteiger partial charge is 0.367 e. The fourth-order valence-electron chi connectivity index (χ4n) is 1.67. The minimum Gasteiger partial charge on any atom is -0.443 e. The highest BCUT2D eigenvalue weighted by molar-refractivity contribution is 6.30. The monoisotopic (exact) mass is 289 g/mol. The summed E-state index contributed by atoms with van der Waals surface area (Å²) in [6.45, 7) is 0. The van der Waals surface area contributed by atoms with Gasteiger partial charge in [0.2, 0.25) is 5.88 Å². The summed E-state index contributed by atoms with van der Waals surface area (Å²) in [7, 11) is 0. The number of carbonyl (C=O) groups excluding carboxylic acids is 1. The molecule has 0 atom stereocenters. The van der Waals surface area contributed by atoms with Gasteiger partial charge in [-0.15, -0.1) is 0 Å². The highest BCUT2D eigenvalue weighted by atomic mass is 35.5. The number of benzene rings is 1. The molecule has 0 radical (unpaired) electrons. The average molecular weight is 290 g/mol. The molecule has 0 aliphatic heterocycles. The van der Waals surface area contributed by atoms with Crippen LogP contribution in [0.25, 0.3) is 11.3 Å². The fraction of sp³-hybridized carbons (Fsp3) is 0. The standard InChI is InChI=1S/C13H8ClN3O3/c14-9-3-1-2-8(6-9)12-11(15-7-19-12)13(18)20-10-4-5-16-17-10/h1-7H,(H,16,17). The van der Waals surface area contributed by atoms with Crippen molar-refractivity contribution >= 4 is 17.6 Å². The van der Waals surface area contributed by atoms with Crippen LogP contribution in [0.4, 0.5) is 0 Å². The molecule has 3 rings (SSSR count). The number of hydrogen-bond donors (Lipinski definition) is 1. The van der Waals surface area contributed by atoms with Crippen LogP contribution >= 0.6 is 11.6 Å². The number of carbonyl (C=O) groups is 1. The molecule has 100 valence electrons. The van der Waals surface area contributed by atoms with Gasteiger partial charge in [0, 0.05) is 16.7 Å². The lowest BCUT2D eigenvalue weighted by atomic mass is 10.1. The second-order valence-corrected chi connectivity index (χ2v) is 4.29. The SMILES string of the molecule is O=C(Oc1ccn[nH]1)c1ncoc1-c1cccc(Cl)c1. The largest absolute Gasteiger partial charge is 0.443 e. The summed E-state index contributed by atoms with van der Waals surface area (Å²) in [5, 5.41) is 6.75. The van der Waals surface area contributed by atoms with Crippen LogP contribution in [0, 0.1) is 0 Å². The van der Waals surface area contributed by atoms with Crippen LogP contribution in [-0.2, 0) is 0 Å². The zero-order valence-electron chi connectivity index (χ0n) is 10.0. The van der Waals surface area contributed by atoms with Gasteiger partial charge < -0.3 is 9.15 Å². The van der Waals surface area contributed by atoms with Gasteiger partial charge in [0.15, 0.2) is 17.8 Å². The molecular weight excluding hydrogens is 282 g/mol. The Morgan fingerprint density at radius 2 is 2.25 bits per heavy atom. The summed E-state index contributed by atoms with van der Waals surface area (Å²) >= 11 is 5.92. The van der Waals surface area contributed by atoms with Crippen LogP contribution in [0.2, 0.25) is 5.02 Å². The lowest BCUT2D eigenvalue weighted by molar-refractivity contribution is 0.0722. The van der Waals surface area contributed by atoms with Crippen LogP contribution in [0.3, 0.4) is 0 Å². The maximum Gasteiger partial charge on any atom is 0.367 e. The van der Waals surface area contributed by atoms with Gasteiger partial charge in [-0.3, -0.25) is 0 Å². The van der Waals surface area contributed by atoms with Gasteiger partial charge in [-0.1, -0.05) is 23.7 Å². The predicted octanol–water partition coefficient (Wildman–Crippen LogP) is 2.94. The topological polar surface area (TPSA) is 81.0 Å². The number of rotatable bonds is 3. The van der Waals surface area contributed by atoms with Gasteiger partial charge in [0.05, 0.1) is 6.20 Å². The molecule has 7 heteroatoms. The van der Waals surface area contributed by atoms with Crippen LogP contribution < -0.4 is 4.74 Å². The average Bonchev–Trinajstić information content (AvgIpc) is 3.09. The Hall–Kier alpha value is -2.60. The zero-order valence-corrected chi connectivity index (χ0v) is 10.8. The van der Waals surface area contributed by atoms with Crippen molar-refractivity contribution in [3.8, 4) is 17.2 Å². The van der Waals surface area contributed by atoms with E-state index in [0.717, 1.165) is 0 Å². The predicted molar refractivity (Wildman–Crippen MR) is 70.5 cm³/mol. The summed E-state index contributed by atoms with van der Waals surface area (Å²) in [5.41, 5.74) is 0.716. The fourth-order valence-corrected chi connectivity index (χ4v) is 1.86. The molecule has 0 spiro atoms. The number of oxazole rings is 1. The molecule has 2 aromatic heterocycles. The van der Waals surface area contributed by atoms with Crippen molar-refractivity contribution in [3.05, 3.63) is 53.6 Å². The van der Waals surface area contributed by atoms with E-state index in [9.17, 15) is 4.79 Å². The molecule has 0 saturated heterocycles. The second-order valence-electron chi connectivity index (χ2n) is 3.85. The Balaban J connectivity index is 1.92. The first-order valence-electron chi connectivity index (χ1n) is 5.65. The number of nitrogens with zero attached hydrogens (tertiary/aromatic N) is 2. The van der Waals surface area contributed by atoms with E-state index in [0.29, 0.717) is 16.3 Å². The summed E-state index contributed by atoms with van der Waals surface area (Å²) in [6.07, 6.45) is 2.66. The van der Waals surface area contributed by atoms with Gasteiger partial charge in [0.25, 0.3) is 0 Å². The quantitative estimate of drug-likeness (QED) is 0.750. The third kappa shape index (κ3) is 2.41. The number of H-pyrrole nitrogens is 1. The lowest BCUT2D eigenvalue weighted by Crippen LogP contribution is -2.10. The Morgan fingerprint density at radius 3 is 3.00 bits per heavy atom. The number of hydrogen-bond acceptors (Lipinski definition) is 5. The van der Waals surface area contributed by atoms with Crippen molar-refractivity contribution in [3.63, 3.8) is 0 Å². The molecule has 6 nitrogen and oxygen atoms in total. The Kier molecular flexibility index (Phi) is 3.22. The molecule has 2 heterocycles. The van der Waals surface area contributed by atoms with Crippen LogP contribution in [0.5, 0.6) is 5.88 Å². The molecule has 0 aliphatic carbocycles. The number of esters is 1. The third-order valence-electron chi connectivity index (χ3n) is 2.53. The van der Waals surface area contributed by atoms with Crippen molar-refractivity contribution in [1.82, 2.24) is 15.2 Å². The number of halogens is 1. The van der Waals surface area contributed by atoms with E-state index in [4.69, 9.17) is 20.8 Å². The Bertz CT molecular complexity index is 737. The summed E-state index contributed by atoms with van der Waals surface area (Å²) in [4.78, 5) is 15.9. The van der Waals surface area contributed by atoms with Crippen molar-refractivity contribution in [2.45, 2.75) is 0 Å². The van der Waals surface area contributed by atoms with Gasteiger partial charge in [-0.25, -0.2) is 14.9 Å². The molecule has 0 amide bonds. The van der Waals surface area contributed by atoms with Crippen LogP contribution in [-0.4, -0.2) is 21.2 Å². The summed E-state index contributed by atoms with van der Waals surface area (Å²) in [6, 6.07) is 8.44. The molecule has 0 saturated carbocycles. The molecule has 0 aliphatic rings. The zero-order chi connectivity index (χ0) is 13.9. The Labute approximate surface area is 118 Å². The number of nitrogens with one attached hydrogen (secondary N) is 1. The van der Waals surface area contributed by atoms with Gasteiger partial charge in [0.1, 0.15) is 0 Å². The minimum absolute atomic E-state index is 0.0712. The molecule has 3 aromatic rings. The molecule has 1 aromatic carbocycles. The molecule has 1 N–H and O–H groups in total. The third-order valence-corrected chi connectivity index (χ3v) is 2.76. The molecule has 20 heavy (non-hydrogen) atoms. The van der Waals surface area contributed by atoms with E-state index >= 15 is 0 Å². The van der Waals surface area contributed by atoms with E-state index in [1.165, 1.54) is 18.7 Å². The number of aromatic nitrogens is 3. The van der Waals surface area contributed by atoms with E-state index in [2.05, 4.69) is 15.2 Å². The van der Waals surface area contributed by atoms with Crippen LogP contribution in [0.1, 0.15) is 10.5 Å². The van der Waals surface area contributed by atoms with E-state index < -0.39 is 5.97 Å². The van der Waals surface area contributed by atoms with Gasteiger partial charge in [-0.2, -0.15) is 5.10 Å². The minimum atomic E-state index is -0.641. The normalized spacial score (nSPS) is 10.4. The van der Waals surface area contributed by atoms with Crippen molar-refractivity contribution in [2.75, 3.05) is 0 Å². The first-order chi connectivity index (χ1) is 9.74. The number of aromatic amines is 1. The molecule has 0 fully saturated rings. The summed E-state index contributed by atoms with van der Waals surface area (Å²) < 4.78 is 10.3. The number of ether oxygens (including phenoxy) is 1. The maximum atomic E-state index is 12.0. The maximum absolute atomic E-state index is 12.0. The van der Waals surface area contributed by atoms with Gasteiger partial charge >= 0.3 is 5.97 Å². The molecule has 0 unspecified atom stereocenters. The Morgan fingerprint density at radius 1 is 1.35 bits per heavy atom. The van der Waals surface area contributed by atoms with Gasteiger partial charge in [-0.05, 0) is 12.1 Å². The highest BCUT2D eigenvalue weighted by Crippen LogP contribution is 2.26. The van der Waals surface area contributed by atoms with E-state index in [1.807, 2.05) is 0 Å². The molecule has 0 bridgehead atoms. The first-order valence-corrected chi connectivity index (χ1v) is 6.03. The summed E-state index contributed by atoms with van der Waals surface area (Å²) in [5.74, 6) is -0.106.